The highest BCUT2D eigenvalue weighted by molar-refractivity contribution is 6.10. The van der Waals surface area contributed by atoms with E-state index < -0.39 is 5.72 Å². The molecule has 0 bridgehead atoms. The Labute approximate surface area is 165 Å². The minimum absolute atomic E-state index is 0.130. The molecule has 0 fully saturated rings. The third-order valence-electron chi connectivity index (χ3n) is 5.56. The summed E-state index contributed by atoms with van der Waals surface area (Å²) in [7, 11) is 1.65. The molecule has 0 radical (unpaired) electrons. The van der Waals surface area contributed by atoms with Gasteiger partial charge in [0.1, 0.15) is 0 Å². The van der Waals surface area contributed by atoms with Gasteiger partial charge in [-0.2, -0.15) is 0 Å². The molecule has 3 aromatic carbocycles. The van der Waals surface area contributed by atoms with Crippen molar-refractivity contribution in [3.05, 3.63) is 82.9 Å². The van der Waals surface area contributed by atoms with Gasteiger partial charge in [0, 0.05) is 43.2 Å². The van der Waals surface area contributed by atoms with E-state index >= 15 is 0 Å². The number of methoxy groups -OCH3 is 1. The van der Waals surface area contributed by atoms with E-state index in [0.717, 1.165) is 21.9 Å². The summed E-state index contributed by atoms with van der Waals surface area (Å²) in [6.07, 6.45) is 1.01. The molecule has 0 spiro atoms. The molecular formula is C24H25NO3. The van der Waals surface area contributed by atoms with Gasteiger partial charge in [-0.1, -0.05) is 60.2 Å². The van der Waals surface area contributed by atoms with Crippen LogP contribution in [0, 0.1) is 6.92 Å². The van der Waals surface area contributed by atoms with Crippen molar-refractivity contribution in [3.63, 3.8) is 0 Å². The molecule has 4 nitrogen and oxygen atoms in total. The zero-order valence-corrected chi connectivity index (χ0v) is 16.3. The van der Waals surface area contributed by atoms with Crippen LogP contribution >= 0.6 is 0 Å². The Bertz CT molecular complexity index is 1010. The molecule has 1 heterocycles. The van der Waals surface area contributed by atoms with Gasteiger partial charge >= 0.3 is 0 Å². The van der Waals surface area contributed by atoms with E-state index in [1.54, 1.807) is 12.0 Å². The third kappa shape index (κ3) is 3.09. The summed E-state index contributed by atoms with van der Waals surface area (Å²) >= 11 is 0. The van der Waals surface area contributed by atoms with Gasteiger partial charge in [-0.25, -0.2) is 0 Å². The lowest BCUT2D eigenvalue weighted by atomic mass is 9.83. The molecule has 1 aliphatic heterocycles. The minimum Gasteiger partial charge on any atom is -0.385 e. The number of carbonyl (C=O) groups excluding carboxylic acids is 1. The maximum Gasteiger partial charge on any atom is 0.257 e. The summed E-state index contributed by atoms with van der Waals surface area (Å²) in [6.45, 7) is 3.01. The Morgan fingerprint density at radius 2 is 1.75 bits per heavy atom. The number of rotatable bonds is 6. The molecule has 1 aliphatic rings. The first-order valence-corrected chi connectivity index (χ1v) is 9.65. The van der Waals surface area contributed by atoms with Crippen LogP contribution < -0.4 is 0 Å². The molecule has 1 N–H and O–H groups in total. The molecule has 0 aromatic heterocycles. The van der Waals surface area contributed by atoms with Gasteiger partial charge < -0.3 is 14.7 Å². The number of ether oxygens (including phenoxy) is 1. The summed E-state index contributed by atoms with van der Waals surface area (Å²) in [5.74, 6) is -0.130. The first kappa shape index (κ1) is 18.7. The molecule has 1 unspecified atom stereocenters. The van der Waals surface area contributed by atoms with Crippen molar-refractivity contribution in [2.24, 2.45) is 0 Å². The van der Waals surface area contributed by atoms with Crippen molar-refractivity contribution < 1.29 is 14.6 Å². The minimum atomic E-state index is -1.39. The van der Waals surface area contributed by atoms with Gasteiger partial charge in [0.2, 0.25) is 0 Å². The molecular weight excluding hydrogens is 350 g/mol. The Kier molecular flexibility index (Phi) is 4.92. The summed E-state index contributed by atoms with van der Waals surface area (Å²) in [5, 5.41) is 13.8. The average Bonchev–Trinajstić information content (AvgIpc) is 2.70. The van der Waals surface area contributed by atoms with Crippen LogP contribution in [0.2, 0.25) is 0 Å². The van der Waals surface area contributed by atoms with Crippen LogP contribution in [0.1, 0.15) is 33.5 Å². The second-order valence-corrected chi connectivity index (χ2v) is 7.49. The van der Waals surface area contributed by atoms with E-state index in [4.69, 9.17) is 4.74 Å². The first-order chi connectivity index (χ1) is 13.5. The normalized spacial score (nSPS) is 18.7. The second-order valence-electron chi connectivity index (χ2n) is 7.49. The lowest BCUT2D eigenvalue weighted by molar-refractivity contribution is -0.0963. The van der Waals surface area contributed by atoms with E-state index in [1.807, 2.05) is 67.6 Å². The standard InChI is InChI=1S/C24H25NO3/c1-17-10-12-18(13-11-17)16-24(27)21-9-4-7-19-6-3-8-20(22(19)21)23(26)25(24)14-5-15-28-2/h3-4,6-13,27H,5,14-16H2,1-2H3. The highest BCUT2D eigenvalue weighted by Crippen LogP contribution is 2.41. The number of hydrogen-bond acceptors (Lipinski definition) is 3. The molecule has 144 valence electrons. The third-order valence-corrected chi connectivity index (χ3v) is 5.56. The van der Waals surface area contributed by atoms with Gasteiger partial charge in [-0.05, 0) is 30.4 Å². The smallest absolute Gasteiger partial charge is 0.257 e. The zero-order chi connectivity index (χ0) is 19.7. The van der Waals surface area contributed by atoms with E-state index in [-0.39, 0.29) is 5.91 Å². The molecule has 4 rings (SSSR count). The fourth-order valence-electron chi connectivity index (χ4n) is 4.15. The van der Waals surface area contributed by atoms with E-state index in [9.17, 15) is 9.90 Å². The maximum atomic E-state index is 13.4. The van der Waals surface area contributed by atoms with E-state index in [0.29, 0.717) is 31.6 Å². The molecule has 0 saturated carbocycles. The summed E-state index contributed by atoms with van der Waals surface area (Å²) in [4.78, 5) is 15.0. The van der Waals surface area contributed by atoms with Crippen molar-refractivity contribution in [2.45, 2.75) is 25.5 Å². The number of benzene rings is 3. The summed E-state index contributed by atoms with van der Waals surface area (Å²) in [6, 6.07) is 19.7. The average molecular weight is 375 g/mol. The van der Waals surface area contributed by atoms with Crippen molar-refractivity contribution in [1.29, 1.82) is 0 Å². The van der Waals surface area contributed by atoms with Crippen LogP contribution in [0.3, 0.4) is 0 Å². The Balaban J connectivity index is 1.86. The molecule has 1 atom stereocenters. The van der Waals surface area contributed by atoms with Gasteiger partial charge in [0.25, 0.3) is 5.91 Å². The lowest BCUT2D eigenvalue weighted by Crippen LogP contribution is -2.54. The van der Waals surface area contributed by atoms with Crippen molar-refractivity contribution >= 4 is 16.7 Å². The van der Waals surface area contributed by atoms with Gasteiger partial charge in [-0.15, -0.1) is 0 Å². The van der Waals surface area contributed by atoms with Crippen LogP contribution in [-0.2, 0) is 16.9 Å². The first-order valence-electron chi connectivity index (χ1n) is 9.65. The predicted octanol–water partition coefficient (Wildman–Crippen LogP) is 4.03. The quantitative estimate of drug-likeness (QED) is 0.662. The second kappa shape index (κ2) is 7.38. The topological polar surface area (TPSA) is 49.8 Å². The highest BCUT2D eigenvalue weighted by atomic mass is 16.5. The number of aliphatic hydroxyl groups is 1. The van der Waals surface area contributed by atoms with Crippen molar-refractivity contribution in [2.75, 3.05) is 20.3 Å². The number of carbonyl (C=O) groups is 1. The fourth-order valence-corrected chi connectivity index (χ4v) is 4.15. The van der Waals surface area contributed by atoms with Gasteiger partial charge in [-0.3, -0.25) is 4.79 Å². The lowest BCUT2D eigenvalue weighted by Gasteiger charge is -2.44. The number of amides is 1. The SMILES string of the molecule is COCCCN1C(=O)c2cccc3cccc(c23)C1(O)Cc1ccc(C)cc1. The summed E-state index contributed by atoms with van der Waals surface area (Å²) in [5.41, 5.74) is 2.21. The van der Waals surface area contributed by atoms with Crippen LogP contribution in [0.25, 0.3) is 10.8 Å². The molecule has 1 amide bonds. The maximum absolute atomic E-state index is 13.4. The van der Waals surface area contributed by atoms with E-state index in [2.05, 4.69) is 0 Å². The Hall–Kier alpha value is -2.69. The van der Waals surface area contributed by atoms with Crippen LogP contribution in [0.4, 0.5) is 0 Å². The van der Waals surface area contributed by atoms with Crippen molar-refractivity contribution in [1.82, 2.24) is 4.90 Å². The molecule has 0 saturated heterocycles. The van der Waals surface area contributed by atoms with E-state index in [1.165, 1.54) is 5.56 Å². The highest BCUT2D eigenvalue weighted by Gasteiger charge is 2.45. The number of hydrogen-bond donors (Lipinski definition) is 1. The van der Waals surface area contributed by atoms with Crippen LogP contribution in [-0.4, -0.2) is 36.2 Å². The molecule has 0 aliphatic carbocycles. The van der Waals surface area contributed by atoms with Crippen LogP contribution in [0.5, 0.6) is 0 Å². The fraction of sp³-hybridized carbons (Fsp3) is 0.292. The van der Waals surface area contributed by atoms with Gasteiger partial charge in [0.15, 0.2) is 5.72 Å². The largest absolute Gasteiger partial charge is 0.385 e. The zero-order valence-electron chi connectivity index (χ0n) is 16.3. The molecule has 4 heteroatoms. The number of aryl methyl sites for hydroxylation is 1. The predicted molar refractivity (Wildman–Crippen MR) is 110 cm³/mol. The Morgan fingerprint density at radius 3 is 2.46 bits per heavy atom. The monoisotopic (exact) mass is 375 g/mol. The van der Waals surface area contributed by atoms with Gasteiger partial charge in [0.05, 0.1) is 0 Å². The molecule has 28 heavy (non-hydrogen) atoms. The van der Waals surface area contributed by atoms with Crippen LogP contribution in [0.15, 0.2) is 60.7 Å². The summed E-state index contributed by atoms with van der Waals surface area (Å²) < 4.78 is 5.18. The Morgan fingerprint density at radius 1 is 1.04 bits per heavy atom. The van der Waals surface area contributed by atoms with Crippen molar-refractivity contribution in [3.8, 4) is 0 Å². The molecule has 3 aromatic rings. The number of nitrogens with zero attached hydrogens (tertiary/aromatic N) is 1.